The summed E-state index contributed by atoms with van der Waals surface area (Å²) in [5.41, 5.74) is 0. The van der Waals surface area contributed by atoms with Crippen molar-refractivity contribution in [3.05, 3.63) is 47.7 Å². The van der Waals surface area contributed by atoms with Gasteiger partial charge in [0.2, 0.25) is 11.7 Å². The van der Waals surface area contributed by atoms with Crippen molar-refractivity contribution in [3.63, 3.8) is 0 Å². The average molecular weight is 387 g/mol. The Labute approximate surface area is 161 Å². The number of ether oxygens (including phenoxy) is 2. The first-order valence-electron chi connectivity index (χ1n) is 8.53. The first-order valence-corrected chi connectivity index (χ1v) is 9.41. The number of aromatic nitrogens is 2. The van der Waals surface area contributed by atoms with Crippen LogP contribution in [0.25, 0.3) is 10.7 Å². The Hall–Kier alpha value is -2.87. The number of methoxy groups -OCH3 is 1. The maximum absolute atomic E-state index is 12.8. The van der Waals surface area contributed by atoms with Gasteiger partial charge in [-0.15, -0.1) is 11.3 Å². The highest BCUT2D eigenvalue weighted by atomic mass is 32.1. The number of hydrogen-bond acceptors (Lipinski definition) is 7. The third-order valence-electron chi connectivity index (χ3n) is 3.94. The lowest BCUT2D eigenvalue weighted by Gasteiger charge is -2.23. The van der Waals surface area contributed by atoms with Crippen LogP contribution in [0.5, 0.6) is 11.5 Å². The Morgan fingerprint density at radius 3 is 2.70 bits per heavy atom. The summed E-state index contributed by atoms with van der Waals surface area (Å²) in [5, 5.41) is 5.91. The molecule has 0 radical (unpaired) electrons. The van der Waals surface area contributed by atoms with Gasteiger partial charge < -0.3 is 18.9 Å². The number of hydrogen-bond donors (Lipinski definition) is 0. The molecule has 2 heterocycles. The van der Waals surface area contributed by atoms with Gasteiger partial charge in [0.15, 0.2) is 17.6 Å². The van der Waals surface area contributed by atoms with Crippen LogP contribution in [-0.4, -0.2) is 41.2 Å². The van der Waals surface area contributed by atoms with Gasteiger partial charge in [0, 0.05) is 7.05 Å². The maximum Gasteiger partial charge on any atom is 0.263 e. The normalized spacial score (nSPS) is 11.8. The Morgan fingerprint density at radius 1 is 1.26 bits per heavy atom. The lowest BCUT2D eigenvalue weighted by molar-refractivity contribution is -0.138. The molecule has 27 heavy (non-hydrogen) atoms. The van der Waals surface area contributed by atoms with Crippen LogP contribution in [0.4, 0.5) is 0 Å². The molecule has 0 saturated carbocycles. The quantitative estimate of drug-likeness (QED) is 0.587. The number of carbonyl (C=O) groups is 1. The van der Waals surface area contributed by atoms with Crippen LogP contribution >= 0.6 is 11.3 Å². The summed E-state index contributed by atoms with van der Waals surface area (Å²) in [6, 6.07) is 11.1. The van der Waals surface area contributed by atoms with E-state index in [1.54, 1.807) is 26.3 Å². The molecule has 1 atom stereocenters. The fourth-order valence-electron chi connectivity index (χ4n) is 2.53. The lowest BCUT2D eigenvalue weighted by atomic mass is 10.2. The summed E-state index contributed by atoms with van der Waals surface area (Å²) in [5.74, 6) is 1.86. The van der Waals surface area contributed by atoms with E-state index in [4.69, 9.17) is 14.0 Å². The molecule has 0 N–H and O–H groups in total. The van der Waals surface area contributed by atoms with Crippen LogP contribution in [0.15, 0.2) is 46.3 Å². The van der Waals surface area contributed by atoms with Gasteiger partial charge in [-0.1, -0.05) is 30.3 Å². The van der Waals surface area contributed by atoms with Crippen LogP contribution in [0.2, 0.25) is 0 Å². The topological polar surface area (TPSA) is 77.7 Å². The number of benzene rings is 1. The van der Waals surface area contributed by atoms with Crippen LogP contribution in [0.1, 0.15) is 19.2 Å². The largest absolute Gasteiger partial charge is 0.493 e. The van der Waals surface area contributed by atoms with Gasteiger partial charge in [-0.2, -0.15) is 4.98 Å². The van der Waals surface area contributed by atoms with Crippen molar-refractivity contribution in [2.24, 2.45) is 0 Å². The number of amides is 1. The molecule has 0 aliphatic rings. The average Bonchev–Trinajstić information content (AvgIpc) is 3.37. The van der Waals surface area contributed by atoms with Crippen LogP contribution in [0.3, 0.4) is 0 Å². The summed E-state index contributed by atoms with van der Waals surface area (Å²) in [6.07, 6.45) is -0.114. The van der Waals surface area contributed by atoms with Gasteiger partial charge in [0.05, 0.1) is 18.5 Å². The highest BCUT2D eigenvalue weighted by Gasteiger charge is 2.25. The fourth-order valence-corrected chi connectivity index (χ4v) is 3.18. The van der Waals surface area contributed by atoms with E-state index in [2.05, 4.69) is 10.1 Å². The Balaban J connectivity index is 1.66. The number of nitrogens with zero attached hydrogens (tertiary/aromatic N) is 3. The van der Waals surface area contributed by atoms with E-state index in [9.17, 15) is 4.79 Å². The van der Waals surface area contributed by atoms with Crippen molar-refractivity contribution in [1.29, 1.82) is 0 Å². The molecule has 1 aromatic carbocycles. The van der Waals surface area contributed by atoms with E-state index < -0.39 is 6.10 Å². The molecule has 0 unspecified atom stereocenters. The molecule has 0 aliphatic heterocycles. The molecule has 0 aliphatic carbocycles. The third kappa shape index (κ3) is 4.46. The Morgan fingerprint density at radius 2 is 2.04 bits per heavy atom. The first-order chi connectivity index (χ1) is 13.1. The minimum atomic E-state index is -0.633. The number of carbonyl (C=O) groups excluding carboxylic acids is 1. The van der Waals surface area contributed by atoms with Gasteiger partial charge in [-0.3, -0.25) is 4.79 Å². The molecule has 7 nitrogen and oxygen atoms in total. The third-order valence-corrected chi connectivity index (χ3v) is 4.81. The van der Waals surface area contributed by atoms with Crippen LogP contribution in [0, 0.1) is 0 Å². The van der Waals surface area contributed by atoms with E-state index in [1.165, 1.54) is 16.2 Å². The minimum Gasteiger partial charge on any atom is -0.493 e. The van der Waals surface area contributed by atoms with Gasteiger partial charge in [-0.25, -0.2) is 0 Å². The zero-order valence-electron chi connectivity index (χ0n) is 15.4. The molecule has 0 fully saturated rings. The maximum atomic E-state index is 12.8. The Kier molecular flexibility index (Phi) is 6.08. The van der Waals surface area contributed by atoms with E-state index in [-0.39, 0.29) is 12.5 Å². The zero-order valence-corrected chi connectivity index (χ0v) is 16.2. The van der Waals surface area contributed by atoms with Crippen LogP contribution in [-0.2, 0) is 11.3 Å². The molecule has 8 heteroatoms. The molecule has 1 amide bonds. The van der Waals surface area contributed by atoms with Gasteiger partial charge >= 0.3 is 0 Å². The smallest absolute Gasteiger partial charge is 0.263 e. The second kappa shape index (κ2) is 8.68. The van der Waals surface area contributed by atoms with Crippen molar-refractivity contribution >= 4 is 17.2 Å². The second-order valence-electron chi connectivity index (χ2n) is 5.85. The number of likely N-dealkylation sites (N-methyl/N-ethyl adjacent to an activating group) is 1. The number of thiophene rings is 1. The first kappa shape index (κ1) is 18.9. The lowest BCUT2D eigenvalue weighted by Crippen LogP contribution is -2.39. The molecular weight excluding hydrogens is 366 g/mol. The molecule has 142 valence electrons. The fraction of sp³-hybridized carbons (Fsp3) is 0.316. The highest BCUT2D eigenvalue weighted by molar-refractivity contribution is 7.13. The van der Waals surface area contributed by atoms with Crippen molar-refractivity contribution in [1.82, 2.24) is 15.0 Å². The van der Waals surface area contributed by atoms with Crippen molar-refractivity contribution in [3.8, 4) is 22.2 Å². The molecule has 0 spiro atoms. The summed E-state index contributed by atoms with van der Waals surface area (Å²) in [4.78, 5) is 19.6. The molecule has 0 saturated heterocycles. The van der Waals surface area contributed by atoms with E-state index in [1.807, 2.05) is 36.6 Å². The summed E-state index contributed by atoms with van der Waals surface area (Å²) < 4.78 is 16.4. The van der Waals surface area contributed by atoms with Crippen molar-refractivity contribution in [2.75, 3.05) is 14.2 Å². The molecule has 3 rings (SSSR count). The Bertz CT molecular complexity index is 879. The second-order valence-corrected chi connectivity index (χ2v) is 6.80. The highest BCUT2D eigenvalue weighted by Crippen LogP contribution is 2.28. The zero-order chi connectivity index (χ0) is 19.2. The SMILES string of the molecule is CC[C@H](Oc1ccccc1OC)C(=O)N(C)Cc1nc(-c2cccs2)no1. The molecule has 2 aromatic heterocycles. The van der Waals surface area contributed by atoms with E-state index >= 15 is 0 Å². The predicted octanol–water partition coefficient (Wildman–Crippen LogP) is 3.62. The number of para-hydroxylation sites is 2. The standard InChI is InChI=1S/C19H21N3O4S/c1-4-13(25-15-9-6-5-8-14(15)24-3)19(23)22(2)12-17-20-18(21-26-17)16-10-7-11-27-16/h5-11,13H,4,12H2,1-3H3/t13-/m0/s1. The van der Waals surface area contributed by atoms with Crippen LogP contribution < -0.4 is 9.47 Å². The van der Waals surface area contributed by atoms with Crippen molar-refractivity contribution in [2.45, 2.75) is 26.0 Å². The monoisotopic (exact) mass is 387 g/mol. The van der Waals surface area contributed by atoms with Gasteiger partial charge in [0.1, 0.15) is 0 Å². The molecule has 0 bridgehead atoms. The van der Waals surface area contributed by atoms with E-state index in [0.717, 1.165) is 4.88 Å². The molecular formula is C19H21N3O4S. The van der Waals surface area contributed by atoms with Crippen molar-refractivity contribution < 1.29 is 18.8 Å². The summed E-state index contributed by atoms with van der Waals surface area (Å²) >= 11 is 1.53. The van der Waals surface area contributed by atoms with Gasteiger partial charge in [-0.05, 0) is 30.0 Å². The predicted molar refractivity (Wildman–Crippen MR) is 102 cm³/mol. The minimum absolute atomic E-state index is 0.167. The van der Waals surface area contributed by atoms with Gasteiger partial charge in [0.25, 0.3) is 5.91 Å². The summed E-state index contributed by atoms with van der Waals surface area (Å²) in [7, 11) is 3.25. The van der Waals surface area contributed by atoms with E-state index in [0.29, 0.717) is 29.6 Å². The molecule has 3 aromatic rings. The summed E-state index contributed by atoms with van der Waals surface area (Å²) in [6.45, 7) is 2.11. The number of rotatable bonds is 8.